The van der Waals surface area contributed by atoms with Crippen LogP contribution in [0.3, 0.4) is 0 Å². The molecule has 12 heteroatoms. The monoisotopic (exact) mass is 544 g/mol. The van der Waals surface area contributed by atoms with E-state index in [4.69, 9.17) is 0 Å². The van der Waals surface area contributed by atoms with Gasteiger partial charge < -0.3 is 10.2 Å². The SMILES string of the molecule is Cc1cc(C(F)(C(F)(F)F)C(F)(F)F)cc(C)c1NC(=O)c1cccc(N(C)C(=O)c2ccccc2)c1F. The molecule has 4 nitrogen and oxygen atoms in total. The molecule has 0 bridgehead atoms. The summed E-state index contributed by atoms with van der Waals surface area (Å²) >= 11 is 0. The number of rotatable bonds is 5. The van der Waals surface area contributed by atoms with E-state index in [1.54, 1.807) is 18.2 Å². The van der Waals surface area contributed by atoms with E-state index in [1.807, 2.05) is 0 Å². The van der Waals surface area contributed by atoms with Crippen LogP contribution in [0.5, 0.6) is 0 Å². The number of benzene rings is 3. The van der Waals surface area contributed by atoms with Crippen LogP contribution in [-0.2, 0) is 5.67 Å². The Kier molecular flexibility index (Phi) is 7.58. The largest absolute Gasteiger partial charge is 0.435 e. The maximum absolute atomic E-state index is 15.3. The first-order chi connectivity index (χ1) is 17.5. The quantitative estimate of drug-likeness (QED) is 0.344. The Bertz CT molecular complexity index is 1330. The van der Waals surface area contributed by atoms with Crippen LogP contribution < -0.4 is 10.2 Å². The molecule has 0 aliphatic heterocycles. The number of halogens is 8. The van der Waals surface area contributed by atoms with Gasteiger partial charge in [-0.25, -0.2) is 8.78 Å². The third-order valence-electron chi connectivity index (χ3n) is 5.86. The zero-order valence-electron chi connectivity index (χ0n) is 20.1. The van der Waals surface area contributed by atoms with E-state index in [2.05, 4.69) is 5.32 Å². The van der Waals surface area contributed by atoms with Gasteiger partial charge in [-0.1, -0.05) is 36.4 Å². The van der Waals surface area contributed by atoms with Gasteiger partial charge in [0, 0.05) is 23.9 Å². The van der Waals surface area contributed by atoms with E-state index in [0.717, 1.165) is 24.8 Å². The lowest BCUT2D eigenvalue weighted by molar-refractivity contribution is -0.348. The summed E-state index contributed by atoms with van der Waals surface area (Å²) < 4.78 is 109. The van der Waals surface area contributed by atoms with Crippen molar-refractivity contribution in [1.82, 2.24) is 0 Å². The van der Waals surface area contributed by atoms with E-state index < -0.39 is 46.8 Å². The van der Waals surface area contributed by atoms with Crippen molar-refractivity contribution in [2.75, 3.05) is 17.3 Å². The highest BCUT2D eigenvalue weighted by molar-refractivity contribution is 6.08. The molecule has 0 saturated heterocycles. The Morgan fingerprint density at radius 2 is 1.32 bits per heavy atom. The Morgan fingerprint density at radius 1 is 0.789 bits per heavy atom. The molecule has 202 valence electrons. The third-order valence-corrected chi connectivity index (χ3v) is 5.86. The zero-order chi connectivity index (χ0) is 28.6. The average molecular weight is 544 g/mol. The van der Waals surface area contributed by atoms with E-state index in [9.17, 15) is 40.3 Å². The lowest BCUT2D eigenvalue weighted by Crippen LogP contribution is -2.50. The number of carbonyl (C=O) groups is 2. The summed E-state index contributed by atoms with van der Waals surface area (Å²) in [6.07, 6.45) is -12.6. The molecule has 0 atom stereocenters. The van der Waals surface area contributed by atoms with Gasteiger partial charge in [0.2, 0.25) is 0 Å². The summed E-state index contributed by atoms with van der Waals surface area (Å²) in [7, 11) is 1.28. The first-order valence-corrected chi connectivity index (χ1v) is 10.9. The summed E-state index contributed by atoms with van der Waals surface area (Å²) in [5.74, 6) is -2.77. The van der Waals surface area contributed by atoms with Crippen LogP contribution in [0.1, 0.15) is 37.4 Å². The lowest BCUT2D eigenvalue weighted by atomic mass is 9.90. The van der Waals surface area contributed by atoms with Crippen molar-refractivity contribution in [3.8, 4) is 0 Å². The highest BCUT2D eigenvalue weighted by atomic mass is 19.4. The normalized spacial score (nSPS) is 12.3. The predicted octanol–water partition coefficient (Wildman–Crippen LogP) is 7.26. The number of hydrogen-bond donors (Lipinski definition) is 1. The molecule has 0 aromatic heterocycles. The Labute approximate surface area is 211 Å². The van der Waals surface area contributed by atoms with Gasteiger partial charge >= 0.3 is 18.0 Å². The Balaban J connectivity index is 1.96. The molecule has 0 fully saturated rings. The minimum absolute atomic E-state index is 0.232. The molecule has 3 aromatic rings. The third kappa shape index (κ3) is 5.07. The number of nitrogens with one attached hydrogen (secondary N) is 1. The van der Waals surface area contributed by atoms with Crippen molar-refractivity contribution in [2.24, 2.45) is 0 Å². The number of carbonyl (C=O) groups excluding carboxylic acids is 2. The van der Waals surface area contributed by atoms with Gasteiger partial charge in [0.15, 0.2) is 5.82 Å². The molecule has 0 radical (unpaired) electrons. The maximum atomic E-state index is 15.3. The zero-order valence-corrected chi connectivity index (χ0v) is 20.1. The topological polar surface area (TPSA) is 49.4 Å². The van der Waals surface area contributed by atoms with Gasteiger partial charge in [0.05, 0.1) is 11.3 Å². The summed E-state index contributed by atoms with van der Waals surface area (Å²) in [4.78, 5) is 26.5. The van der Waals surface area contributed by atoms with Crippen LogP contribution in [0.2, 0.25) is 0 Å². The first kappa shape index (κ1) is 28.6. The highest BCUT2D eigenvalue weighted by Crippen LogP contribution is 2.53. The Hall–Kier alpha value is -3.96. The predicted molar refractivity (Wildman–Crippen MR) is 124 cm³/mol. The molecule has 1 N–H and O–H groups in total. The number of hydrogen-bond acceptors (Lipinski definition) is 2. The maximum Gasteiger partial charge on any atom is 0.435 e. The molecule has 3 rings (SSSR count). The molecular weight excluding hydrogens is 524 g/mol. The number of alkyl halides is 7. The minimum Gasteiger partial charge on any atom is -0.321 e. The molecule has 0 aliphatic carbocycles. The van der Waals surface area contributed by atoms with Gasteiger partial charge in [-0.3, -0.25) is 9.59 Å². The van der Waals surface area contributed by atoms with E-state index >= 15 is 4.39 Å². The average Bonchev–Trinajstić information content (AvgIpc) is 2.83. The molecule has 0 heterocycles. The highest BCUT2D eigenvalue weighted by Gasteiger charge is 2.73. The second kappa shape index (κ2) is 10.1. The first-order valence-electron chi connectivity index (χ1n) is 10.9. The fourth-order valence-corrected chi connectivity index (χ4v) is 3.87. The van der Waals surface area contributed by atoms with Crippen molar-refractivity contribution >= 4 is 23.2 Å². The van der Waals surface area contributed by atoms with Crippen LogP contribution in [0.25, 0.3) is 0 Å². The van der Waals surface area contributed by atoms with Gasteiger partial charge in [0.1, 0.15) is 0 Å². The second-order valence-electron chi connectivity index (χ2n) is 8.46. The van der Waals surface area contributed by atoms with Crippen LogP contribution >= 0.6 is 0 Å². The Morgan fingerprint density at radius 3 is 1.82 bits per heavy atom. The van der Waals surface area contributed by atoms with Crippen LogP contribution in [0.4, 0.5) is 46.5 Å². The van der Waals surface area contributed by atoms with Crippen molar-refractivity contribution < 1.29 is 44.7 Å². The molecule has 3 aromatic carbocycles. The number of amides is 2. The minimum atomic E-state index is -6.30. The van der Waals surface area contributed by atoms with Gasteiger partial charge in [-0.05, 0) is 49.2 Å². The van der Waals surface area contributed by atoms with Crippen molar-refractivity contribution in [3.63, 3.8) is 0 Å². The molecule has 0 spiro atoms. The summed E-state index contributed by atoms with van der Waals surface area (Å²) in [6.45, 7) is 2.14. The van der Waals surface area contributed by atoms with Crippen molar-refractivity contribution in [3.05, 3.63) is 94.3 Å². The summed E-state index contributed by atoms with van der Waals surface area (Å²) in [5.41, 5.74) is -8.79. The number of nitrogens with zero attached hydrogens (tertiary/aromatic N) is 1. The number of aryl methyl sites for hydroxylation is 2. The van der Waals surface area contributed by atoms with Gasteiger partial charge in [0.25, 0.3) is 11.8 Å². The van der Waals surface area contributed by atoms with Gasteiger partial charge in [-0.15, -0.1) is 0 Å². The van der Waals surface area contributed by atoms with E-state index in [0.29, 0.717) is 12.1 Å². The molecule has 0 unspecified atom stereocenters. The van der Waals surface area contributed by atoms with E-state index in [1.165, 1.54) is 31.3 Å². The fraction of sp³-hybridized carbons (Fsp3) is 0.231. The second-order valence-corrected chi connectivity index (χ2v) is 8.46. The number of anilines is 2. The summed E-state index contributed by atoms with van der Waals surface area (Å²) in [6, 6.07) is 12.2. The van der Waals surface area contributed by atoms with Gasteiger partial charge in [-0.2, -0.15) is 26.3 Å². The lowest BCUT2D eigenvalue weighted by Gasteiger charge is -2.31. The molecule has 0 saturated carbocycles. The smallest absolute Gasteiger partial charge is 0.321 e. The van der Waals surface area contributed by atoms with Crippen LogP contribution in [-0.4, -0.2) is 31.2 Å². The molecule has 38 heavy (non-hydrogen) atoms. The molecule has 2 amide bonds. The van der Waals surface area contributed by atoms with Crippen molar-refractivity contribution in [1.29, 1.82) is 0 Å². The van der Waals surface area contributed by atoms with Crippen LogP contribution in [0.15, 0.2) is 60.7 Å². The molecule has 0 aliphatic rings. The standard InChI is InChI=1S/C26H20F8N2O2/c1-14-12-17(24(28,25(29,30)31)26(32,33)34)13-15(2)21(14)35-22(37)18-10-7-11-19(20(18)27)36(3)23(38)16-8-5-4-6-9-16/h4-13H,1-3H3,(H,35,37). The van der Waals surface area contributed by atoms with Crippen LogP contribution in [0, 0.1) is 19.7 Å². The van der Waals surface area contributed by atoms with Crippen molar-refractivity contribution in [2.45, 2.75) is 31.9 Å². The summed E-state index contributed by atoms with van der Waals surface area (Å²) in [5, 5.41) is 2.25. The molecular formula is C26H20F8N2O2. The van der Waals surface area contributed by atoms with E-state index in [-0.39, 0.29) is 28.1 Å². The fourth-order valence-electron chi connectivity index (χ4n) is 3.87.